The van der Waals surface area contributed by atoms with Crippen LogP contribution in [0.3, 0.4) is 0 Å². The predicted molar refractivity (Wildman–Crippen MR) is 82.3 cm³/mol. The lowest BCUT2D eigenvalue weighted by molar-refractivity contribution is 0.0974. The normalized spacial score (nSPS) is 17.7. The summed E-state index contributed by atoms with van der Waals surface area (Å²) < 4.78 is 1.76. The van der Waals surface area contributed by atoms with Crippen LogP contribution in [0.2, 0.25) is 0 Å². The number of fused-ring (bicyclic) bond motifs is 1. The molecule has 0 saturated heterocycles. The molecular formula is C16H20N4O. The van der Waals surface area contributed by atoms with Gasteiger partial charge < -0.3 is 10.6 Å². The number of nitrogens with two attached hydrogens (primary N) is 1. The van der Waals surface area contributed by atoms with Crippen molar-refractivity contribution in [2.75, 3.05) is 11.4 Å². The minimum Gasteiger partial charge on any atom is -0.324 e. The van der Waals surface area contributed by atoms with E-state index in [0.29, 0.717) is 18.8 Å². The third-order valence-corrected chi connectivity index (χ3v) is 3.96. The molecule has 0 spiro atoms. The van der Waals surface area contributed by atoms with Gasteiger partial charge in [0.25, 0.3) is 5.91 Å². The van der Waals surface area contributed by atoms with E-state index >= 15 is 0 Å². The van der Waals surface area contributed by atoms with Crippen molar-refractivity contribution < 1.29 is 4.79 Å². The fourth-order valence-corrected chi connectivity index (χ4v) is 2.90. The highest BCUT2D eigenvalue weighted by molar-refractivity contribution is 6.05. The first-order valence-electron chi connectivity index (χ1n) is 7.32. The van der Waals surface area contributed by atoms with Gasteiger partial charge in [-0.2, -0.15) is 5.10 Å². The third kappa shape index (κ3) is 2.34. The topological polar surface area (TPSA) is 64.2 Å². The van der Waals surface area contributed by atoms with Gasteiger partial charge in [-0.1, -0.05) is 18.2 Å². The second-order valence-electron chi connectivity index (χ2n) is 5.40. The Morgan fingerprint density at radius 2 is 2.19 bits per heavy atom. The van der Waals surface area contributed by atoms with Gasteiger partial charge in [0, 0.05) is 24.8 Å². The van der Waals surface area contributed by atoms with E-state index in [1.807, 2.05) is 49.1 Å². The molecule has 5 nitrogen and oxygen atoms in total. The van der Waals surface area contributed by atoms with Crippen LogP contribution in [0.25, 0.3) is 0 Å². The van der Waals surface area contributed by atoms with Crippen LogP contribution >= 0.6 is 0 Å². The summed E-state index contributed by atoms with van der Waals surface area (Å²) in [5, 5.41) is 4.36. The van der Waals surface area contributed by atoms with Gasteiger partial charge in [0.05, 0.1) is 5.69 Å². The van der Waals surface area contributed by atoms with Gasteiger partial charge in [0.1, 0.15) is 5.69 Å². The fraction of sp³-hybridized carbons (Fsp3) is 0.375. The van der Waals surface area contributed by atoms with E-state index in [1.165, 1.54) is 0 Å². The van der Waals surface area contributed by atoms with Gasteiger partial charge in [0.2, 0.25) is 0 Å². The Morgan fingerprint density at radius 3 is 2.95 bits per heavy atom. The van der Waals surface area contributed by atoms with Crippen LogP contribution in [-0.2, 0) is 6.54 Å². The maximum atomic E-state index is 12.9. The number of aryl methyl sites for hydroxylation is 2. The summed E-state index contributed by atoms with van der Waals surface area (Å²) in [5.41, 5.74) is 9.61. The van der Waals surface area contributed by atoms with Crippen molar-refractivity contribution in [2.45, 2.75) is 32.9 Å². The highest BCUT2D eigenvalue weighted by Gasteiger charge is 2.28. The maximum Gasteiger partial charge on any atom is 0.276 e. The summed E-state index contributed by atoms with van der Waals surface area (Å²) in [5.74, 6) is -0.00296. The first kappa shape index (κ1) is 13.8. The Balaban J connectivity index is 2.01. The number of hydrogen-bond acceptors (Lipinski definition) is 3. The zero-order valence-corrected chi connectivity index (χ0v) is 12.4. The van der Waals surface area contributed by atoms with Gasteiger partial charge in [-0.15, -0.1) is 0 Å². The van der Waals surface area contributed by atoms with E-state index in [0.717, 1.165) is 23.4 Å². The van der Waals surface area contributed by atoms with Crippen molar-refractivity contribution in [1.29, 1.82) is 0 Å². The van der Waals surface area contributed by atoms with Crippen molar-refractivity contribution in [1.82, 2.24) is 9.78 Å². The second kappa shape index (κ2) is 5.33. The molecule has 0 aliphatic carbocycles. The summed E-state index contributed by atoms with van der Waals surface area (Å²) in [6.45, 7) is 5.22. The molecule has 0 bridgehead atoms. The van der Waals surface area contributed by atoms with Gasteiger partial charge in [-0.25, -0.2) is 0 Å². The average molecular weight is 284 g/mol. The molecule has 1 atom stereocenters. The summed E-state index contributed by atoms with van der Waals surface area (Å²) in [6.07, 6.45) is 0.780. The standard InChI is InChI=1S/C16H20N4O/c1-3-20-15(10-11(2)18-20)16(21)19-9-8-13(17)12-6-4-5-7-14(12)19/h4-7,10,13H,3,8-9,17H2,1-2H3. The number of amides is 1. The van der Waals surface area contributed by atoms with E-state index in [4.69, 9.17) is 5.73 Å². The Hall–Kier alpha value is -2.14. The summed E-state index contributed by atoms with van der Waals surface area (Å²) in [7, 11) is 0. The van der Waals surface area contributed by atoms with Crippen LogP contribution in [0.15, 0.2) is 30.3 Å². The summed E-state index contributed by atoms with van der Waals surface area (Å²) in [4.78, 5) is 14.7. The van der Waals surface area contributed by atoms with Crippen molar-refractivity contribution in [3.05, 3.63) is 47.3 Å². The first-order valence-corrected chi connectivity index (χ1v) is 7.32. The second-order valence-corrected chi connectivity index (χ2v) is 5.40. The Kier molecular flexibility index (Phi) is 3.51. The molecule has 110 valence electrons. The van der Waals surface area contributed by atoms with Gasteiger partial charge >= 0.3 is 0 Å². The third-order valence-electron chi connectivity index (χ3n) is 3.96. The lowest BCUT2D eigenvalue weighted by Gasteiger charge is -2.32. The first-order chi connectivity index (χ1) is 10.1. The summed E-state index contributed by atoms with van der Waals surface area (Å²) in [6, 6.07) is 9.73. The molecule has 0 radical (unpaired) electrons. The zero-order valence-electron chi connectivity index (χ0n) is 12.4. The molecule has 0 fully saturated rings. The molecule has 3 rings (SSSR count). The van der Waals surface area contributed by atoms with Crippen molar-refractivity contribution >= 4 is 11.6 Å². The van der Waals surface area contributed by atoms with Crippen LogP contribution in [0.4, 0.5) is 5.69 Å². The number of carbonyl (C=O) groups is 1. The molecule has 5 heteroatoms. The van der Waals surface area contributed by atoms with Crippen LogP contribution < -0.4 is 10.6 Å². The molecule has 1 aromatic carbocycles. The fourth-order valence-electron chi connectivity index (χ4n) is 2.90. The Morgan fingerprint density at radius 1 is 1.43 bits per heavy atom. The SMILES string of the molecule is CCn1nc(C)cc1C(=O)N1CCC(N)c2ccccc21. The number of benzene rings is 1. The lowest BCUT2D eigenvalue weighted by Crippen LogP contribution is -2.39. The van der Waals surface area contributed by atoms with E-state index in [9.17, 15) is 4.79 Å². The predicted octanol–water partition coefficient (Wildman–Crippen LogP) is 2.26. The number of aromatic nitrogens is 2. The molecule has 2 aromatic rings. The highest BCUT2D eigenvalue weighted by atomic mass is 16.2. The Bertz CT molecular complexity index is 677. The van der Waals surface area contributed by atoms with E-state index in [-0.39, 0.29) is 11.9 Å². The molecule has 1 unspecified atom stereocenters. The number of nitrogens with zero attached hydrogens (tertiary/aromatic N) is 3. The largest absolute Gasteiger partial charge is 0.324 e. The molecule has 1 aliphatic rings. The van der Waals surface area contributed by atoms with E-state index in [1.54, 1.807) is 4.68 Å². The van der Waals surface area contributed by atoms with Crippen LogP contribution in [0, 0.1) is 6.92 Å². The van der Waals surface area contributed by atoms with Gasteiger partial charge in [0.15, 0.2) is 0 Å². The monoisotopic (exact) mass is 284 g/mol. The van der Waals surface area contributed by atoms with Crippen LogP contribution in [0.5, 0.6) is 0 Å². The number of carbonyl (C=O) groups excluding carboxylic acids is 1. The lowest BCUT2D eigenvalue weighted by atomic mass is 9.97. The smallest absolute Gasteiger partial charge is 0.276 e. The minimum absolute atomic E-state index is 0.00284. The summed E-state index contributed by atoms with van der Waals surface area (Å²) >= 11 is 0. The molecule has 0 saturated carbocycles. The molecule has 1 aromatic heterocycles. The number of rotatable bonds is 2. The number of para-hydroxylation sites is 1. The molecule has 1 amide bonds. The van der Waals surface area contributed by atoms with Crippen molar-refractivity contribution in [3.63, 3.8) is 0 Å². The van der Waals surface area contributed by atoms with Crippen LogP contribution in [0.1, 0.15) is 41.1 Å². The maximum absolute atomic E-state index is 12.9. The highest BCUT2D eigenvalue weighted by Crippen LogP contribution is 2.33. The average Bonchev–Trinajstić information content (AvgIpc) is 2.88. The van der Waals surface area contributed by atoms with Gasteiger partial charge in [-0.05, 0) is 38.0 Å². The molecule has 2 heterocycles. The molecule has 2 N–H and O–H groups in total. The zero-order chi connectivity index (χ0) is 15.0. The molecule has 1 aliphatic heterocycles. The van der Waals surface area contributed by atoms with Crippen molar-refractivity contribution in [3.8, 4) is 0 Å². The van der Waals surface area contributed by atoms with Crippen LogP contribution in [-0.4, -0.2) is 22.2 Å². The molecule has 21 heavy (non-hydrogen) atoms. The minimum atomic E-state index is -0.00296. The van der Waals surface area contributed by atoms with Gasteiger partial charge in [-0.3, -0.25) is 9.48 Å². The molecular weight excluding hydrogens is 264 g/mol. The number of anilines is 1. The van der Waals surface area contributed by atoms with E-state index < -0.39 is 0 Å². The quantitative estimate of drug-likeness (QED) is 0.920. The Labute approximate surface area is 124 Å². The van der Waals surface area contributed by atoms with E-state index in [2.05, 4.69) is 5.10 Å². The van der Waals surface area contributed by atoms with Crippen molar-refractivity contribution in [2.24, 2.45) is 5.73 Å². The number of hydrogen-bond donors (Lipinski definition) is 1.